The van der Waals surface area contributed by atoms with Crippen molar-refractivity contribution < 1.29 is 9.47 Å². The van der Waals surface area contributed by atoms with Crippen molar-refractivity contribution >= 4 is 17.2 Å². The highest BCUT2D eigenvalue weighted by molar-refractivity contribution is 7.80. The summed E-state index contributed by atoms with van der Waals surface area (Å²) in [6, 6.07) is 7.61. The molecule has 4 heteroatoms. The third kappa shape index (κ3) is 2.21. The van der Waals surface area contributed by atoms with Crippen LogP contribution in [0.4, 0.5) is 0 Å². The van der Waals surface area contributed by atoms with E-state index in [-0.39, 0.29) is 6.10 Å². The van der Waals surface area contributed by atoms with E-state index in [1.54, 1.807) is 0 Å². The molecular formula is C11H13NO2S. The average molecular weight is 223 g/mol. The molecule has 1 heterocycles. The quantitative estimate of drug-likeness (QED) is 0.774. The number of ether oxygens (including phenoxy) is 2. The Morgan fingerprint density at radius 2 is 2.20 bits per heavy atom. The Hall–Kier alpha value is -1.29. The van der Waals surface area contributed by atoms with Gasteiger partial charge in [-0.15, -0.1) is 0 Å². The van der Waals surface area contributed by atoms with Gasteiger partial charge in [-0.3, -0.25) is 0 Å². The molecule has 0 amide bonds. The zero-order valence-electron chi connectivity index (χ0n) is 8.53. The van der Waals surface area contributed by atoms with Crippen molar-refractivity contribution in [3.63, 3.8) is 0 Å². The zero-order chi connectivity index (χ0) is 10.7. The summed E-state index contributed by atoms with van der Waals surface area (Å²) in [5.74, 6) is 1.54. The van der Waals surface area contributed by atoms with E-state index in [2.05, 4.69) is 5.32 Å². The number of hydrogen-bond acceptors (Lipinski definition) is 3. The summed E-state index contributed by atoms with van der Waals surface area (Å²) in [4.78, 5) is 0.701. The van der Waals surface area contributed by atoms with Crippen molar-refractivity contribution in [2.45, 2.75) is 13.0 Å². The van der Waals surface area contributed by atoms with E-state index in [1.165, 1.54) is 0 Å². The van der Waals surface area contributed by atoms with Crippen LogP contribution in [0.15, 0.2) is 24.3 Å². The van der Waals surface area contributed by atoms with Crippen molar-refractivity contribution in [3.05, 3.63) is 24.3 Å². The highest BCUT2D eigenvalue weighted by Crippen LogP contribution is 2.30. The number of benzene rings is 1. The molecule has 0 aromatic heterocycles. The van der Waals surface area contributed by atoms with Crippen LogP contribution in [0.25, 0.3) is 0 Å². The van der Waals surface area contributed by atoms with Crippen LogP contribution in [0.2, 0.25) is 0 Å². The molecule has 0 bridgehead atoms. The first kappa shape index (κ1) is 10.2. The molecule has 1 aromatic carbocycles. The van der Waals surface area contributed by atoms with Gasteiger partial charge in [0.2, 0.25) is 0 Å². The van der Waals surface area contributed by atoms with Crippen LogP contribution in [0.3, 0.4) is 0 Å². The Balaban J connectivity index is 2.08. The minimum Gasteiger partial charge on any atom is -0.485 e. The lowest BCUT2D eigenvalue weighted by molar-refractivity contribution is 0.134. The van der Waals surface area contributed by atoms with E-state index in [1.807, 2.05) is 31.2 Å². The van der Waals surface area contributed by atoms with E-state index in [4.69, 9.17) is 21.7 Å². The first-order valence-electron chi connectivity index (χ1n) is 4.97. The smallest absolute Gasteiger partial charge is 0.182 e. The number of thiocarbonyl (C=S) groups is 1. The molecule has 1 aromatic rings. The van der Waals surface area contributed by atoms with Gasteiger partial charge in [0, 0.05) is 6.54 Å². The highest BCUT2D eigenvalue weighted by atomic mass is 32.1. The Kier molecular flexibility index (Phi) is 3.06. The Labute approximate surface area is 94.4 Å². The second-order valence-corrected chi connectivity index (χ2v) is 3.70. The first-order valence-corrected chi connectivity index (χ1v) is 5.38. The Morgan fingerprint density at radius 3 is 2.93 bits per heavy atom. The molecule has 1 aliphatic rings. The molecule has 15 heavy (non-hydrogen) atoms. The van der Waals surface area contributed by atoms with Crippen LogP contribution in [-0.4, -0.2) is 24.2 Å². The summed E-state index contributed by atoms with van der Waals surface area (Å²) in [6.07, 6.45) is -0.171. The second kappa shape index (κ2) is 4.49. The van der Waals surface area contributed by atoms with E-state index in [0.29, 0.717) is 11.6 Å². The fraction of sp³-hybridized carbons (Fsp3) is 0.364. The molecule has 3 nitrogen and oxygen atoms in total. The summed E-state index contributed by atoms with van der Waals surface area (Å²) >= 11 is 5.19. The monoisotopic (exact) mass is 223 g/mol. The summed E-state index contributed by atoms with van der Waals surface area (Å²) in [5.41, 5.74) is 0. The normalized spacial score (nSPS) is 18.3. The molecular weight excluding hydrogens is 210 g/mol. The van der Waals surface area contributed by atoms with Crippen molar-refractivity contribution in [1.82, 2.24) is 5.32 Å². The third-order valence-electron chi connectivity index (χ3n) is 2.15. The van der Waals surface area contributed by atoms with Crippen molar-refractivity contribution in [2.75, 3.05) is 13.2 Å². The lowest BCUT2D eigenvalue weighted by Gasteiger charge is -2.26. The van der Waals surface area contributed by atoms with Crippen LogP contribution in [0, 0.1) is 0 Å². The SMILES string of the molecule is CCNC(=S)[C@@H]1COc2ccccc2O1. The van der Waals surface area contributed by atoms with E-state index in [0.717, 1.165) is 18.0 Å². The van der Waals surface area contributed by atoms with Gasteiger partial charge in [-0.2, -0.15) is 0 Å². The number of fused-ring (bicyclic) bond motifs is 1. The largest absolute Gasteiger partial charge is 0.485 e. The van der Waals surface area contributed by atoms with Crippen LogP contribution < -0.4 is 14.8 Å². The first-order chi connectivity index (χ1) is 7.31. The minimum atomic E-state index is -0.171. The summed E-state index contributed by atoms with van der Waals surface area (Å²) in [5, 5.41) is 3.07. The number of hydrogen-bond donors (Lipinski definition) is 1. The van der Waals surface area contributed by atoms with Gasteiger partial charge in [-0.1, -0.05) is 24.4 Å². The standard InChI is InChI=1S/C11H13NO2S/c1-2-12-11(15)10-7-13-8-5-3-4-6-9(8)14-10/h3-6,10H,2,7H2,1H3,(H,12,15)/t10-/m0/s1. The van der Waals surface area contributed by atoms with Gasteiger partial charge >= 0.3 is 0 Å². The van der Waals surface area contributed by atoms with E-state index < -0.39 is 0 Å². The van der Waals surface area contributed by atoms with Crippen LogP contribution in [0.5, 0.6) is 11.5 Å². The fourth-order valence-corrected chi connectivity index (χ4v) is 1.70. The lowest BCUT2D eigenvalue weighted by atomic mass is 10.2. The summed E-state index contributed by atoms with van der Waals surface area (Å²) in [7, 11) is 0. The molecule has 0 spiro atoms. The molecule has 1 aliphatic heterocycles. The molecule has 0 unspecified atom stereocenters. The number of nitrogens with one attached hydrogen (secondary N) is 1. The molecule has 0 fully saturated rings. The predicted octanol–water partition coefficient (Wildman–Crippen LogP) is 1.76. The number of rotatable bonds is 2. The third-order valence-corrected chi connectivity index (χ3v) is 2.56. The topological polar surface area (TPSA) is 30.5 Å². The van der Waals surface area contributed by atoms with E-state index >= 15 is 0 Å². The van der Waals surface area contributed by atoms with Gasteiger partial charge in [-0.05, 0) is 19.1 Å². The van der Waals surface area contributed by atoms with Gasteiger partial charge in [0.25, 0.3) is 0 Å². The Morgan fingerprint density at radius 1 is 1.47 bits per heavy atom. The maximum Gasteiger partial charge on any atom is 0.182 e. The van der Waals surface area contributed by atoms with Gasteiger partial charge in [0.05, 0.1) is 0 Å². The van der Waals surface area contributed by atoms with Crippen molar-refractivity contribution in [1.29, 1.82) is 0 Å². The van der Waals surface area contributed by atoms with E-state index in [9.17, 15) is 0 Å². The maximum absolute atomic E-state index is 5.72. The maximum atomic E-state index is 5.72. The number of likely N-dealkylation sites (N-methyl/N-ethyl adjacent to an activating group) is 1. The zero-order valence-corrected chi connectivity index (χ0v) is 9.34. The van der Waals surface area contributed by atoms with Crippen LogP contribution >= 0.6 is 12.2 Å². The molecule has 2 rings (SSSR count). The van der Waals surface area contributed by atoms with Crippen molar-refractivity contribution in [3.8, 4) is 11.5 Å². The van der Waals surface area contributed by atoms with Gasteiger partial charge in [0.1, 0.15) is 11.6 Å². The van der Waals surface area contributed by atoms with Crippen molar-refractivity contribution in [2.24, 2.45) is 0 Å². The molecule has 1 atom stereocenters. The molecule has 0 saturated heterocycles. The summed E-state index contributed by atoms with van der Waals surface area (Å²) < 4.78 is 11.3. The molecule has 0 radical (unpaired) electrons. The fourth-order valence-electron chi connectivity index (χ4n) is 1.44. The highest BCUT2D eigenvalue weighted by Gasteiger charge is 2.23. The van der Waals surface area contributed by atoms with Crippen LogP contribution in [0.1, 0.15) is 6.92 Å². The minimum absolute atomic E-state index is 0.171. The predicted molar refractivity (Wildman–Crippen MR) is 62.6 cm³/mol. The van der Waals surface area contributed by atoms with Gasteiger partial charge in [-0.25, -0.2) is 0 Å². The number of para-hydroxylation sites is 2. The van der Waals surface area contributed by atoms with Crippen LogP contribution in [-0.2, 0) is 0 Å². The molecule has 80 valence electrons. The summed E-state index contributed by atoms with van der Waals surface area (Å²) in [6.45, 7) is 3.28. The average Bonchev–Trinajstić information content (AvgIpc) is 2.29. The lowest BCUT2D eigenvalue weighted by Crippen LogP contribution is -2.42. The molecule has 1 N–H and O–H groups in total. The second-order valence-electron chi connectivity index (χ2n) is 3.26. The Bertz CT molecular complexity index is 367. The molecule has 0 aliphatic carbocycles. The van der Waals surface area contributed by atoms with Gasteiger partial charge < -0.3 is 14.8 Å². The van der Waals surface area contributed by atoms with Gasteiger partial charge in [0.15, 0.2) is 17.6 Å². The molecule has 0 saturated carbocycles.